The lowest BCUT2D eigenvalue weighted by atomic mass is 9.85. The first-order chi connectivity index (χ1) is 28.4. The quantitative estimate of drug-likeness (QED) is 0.0669. The number of phenols is 1. The number of hydrogen-bond donors (Lipinski definition) is 5. The van der Waals surface area contributed by atoms with Gasteiger partial charge in [-0.15, -0.1) is 0 Å². The van der Waals surface area contributed by atoms with Gasteiger partial charge >= 0.3 is 12.1 Å². The molecule has 0 fully saturated rings. The number of aryl methyl sites for hydroxylation is 1. The maximum absolute atomic E-state index is 14.0. The first kappa shape index (κ1) is 42.3. The Morgan fingerprint density at radius 3 is 2.47 bits per heavy atom. The van der Waals surface area contributed by atoms with Crippen molar-refractivity contribution in [3.8, 4) is 17.1 Å². The summed E-state index contributed by atoms with van der Waals surface area (Å²) in [5.41, 5.74) is 8.00. The van der Waals surface area contributed by atoms with Crippen LogP contribution in [0.5, 0.6) is 5.75 Å². The van der Waals surface area contributed by atoms with Gasteiger partial charge in [0, 0.05) is 28.7 Å². The van der Waals surface area contributed by atoms with E-state index in [9.17, 15) is 33.9 Å². The van der Waals surface area contributed by atoms with Gasteiger partial charge in [0.2, 0.25) is 23.3 Å². The number of carbonyl (C=O) groups excluding carboxylic acids is 5. The SMILES string of the molecule is CCNC(=O)COCC(=O)NC(CCCCN)C(=O)Nc1ccc(COC(=O)OC2(CC)C(=O)OCc3c2cc2n(c3=O)Cc3c-2nc2ccc(O)cc2c3CC)cc1. The summed E-state index contributed by atoms with van der Waals surface area (Å²) in [6.45, 7) is 5.23. The summed E-state index contributed by atoms with van der Waals surface area (Å²) in [5.74, 6) is -2.13. The molecule has 6 rings (SSSR count). The Balaban J connectivity index is 1.13. The van der Waals surface area contributed by atoms with Crippen LogP contribution in [0.4, 0.5) is 10.5 Å². The highest BCUT2D eigenvalue weighted by Crippen LogP contribution is 2.42. The fourth-order valence-corrected chi connectivity index (χ4v) is 7.42. The molecule has 2 aromatic heterocycles. The number of fused-ring (bicyclic) bond motifs is 5. The van der Waals surface area contributed by atoms with Crippen LogP contribution in [0.1, 0.15) is 74.3 Å². The molecule has 59 heavy (non-hydrogen) atoms. The molecule has 0 aliphatic carbocycles. The van der Waals surface area contributed by atoms with Crippen molar-refractivity contribution in [1.29, 1.82) is 0 Å². The van der Waals surface area contributed by atoms with Gasteiger partial charge in [-0.1, -0.05) is 26.0 Å². The second kappa shape index (κ2) is 18.5. The van der Waals surface area contributed by atoms with E-state index in [0.717, 1.165) is 16.5 Å². The average molecular weight is 813 g/mol. The van der Waals surface area contributed by atoms with E-state index in [0.29, 0.717) is 66.9 Å². The van der Waals surface area contributed by atoms with Crippen LogP contribution in [0.3, 0.4) is 0 Å². The number of unbranched alkanes of at least 4 members (excludes halogenated alkanes) is 1. The van der Waals surface area contributed by atoms with E-state index in [1.807, 2.05) is 6.92 Å². The van der Waals surface area contributed by atoms with Gasteiger partial charge in [0.25, 0.3) is 5.56 Å². The number of nitrogens with zero attached hydrogens (tertiary/aromatic N) is 2. The molecule has 2 aliphatic heterocycles. The fourth-order valence-electron chi connectivity index (χ4n) is 7.42. The molecule has 17 nitrogen and oxygen atoms in total. The van der Waals surface area contributed by atoms with Crippen molar-refractivity contribution in [2.75, 3.05) is 31.6 Å². The number of amides is 3. The molecule has 0 saturated carbocycles. The largest absolute Gasteiger partial charge is 0.510 e. The summed E-state index contributed by atoms with van der Waals surface area (Å²) in [5, 5.41) is 18.9. The lowest BCUT2D eigenvalue weighted by molar-refractivity contribution is -0.175. The zero-order valence-electron chi connectivity index (χ0n) is 33.2. The minimum absolute atomic E-state index is 0.0560. The highest BCUT2D eigenvalue weighted by Gasteiger charge is 2.51. The second-order valence-electron chi connectivity index (χ2n) is 14.2. The Kier molecular flexibility index (Phi) is 13.3. The van der Waals surface area contributed by atoms with Crippen molar-refractivity contribution in [1.82, 2.24) is 20.2 Å². The first-order valence-corrected chi connectivity index (χ1v) is 19.6. The number of pyridine rings is 2. The molecule has 6 N–H and O–H groups in total. The van der Waals surface area contributed by atoms with E-state index in [2.05, 4.69) is 16.0 Å². The molecule has 2 unspecified atom stereocenters. The van der Waals surface area contributed by atoms with Crippen LogP contribution >= 0.6 is 0 Å². The van der Waals surface area contributed by atoms with E-state index in [-0.39, 0.29) is 55.6 Å². The van der Waals surface area contributed by atoms with Crippen molar-refractivity contribution in [2.24, 2.45) is 5.73 Å². The van der Waals surface area contributed by atoms with E-state index < -0.39 is 47.7 Å². The molecular formula is C42H48N6O11. The summed E-state index contributed by atoms with van der Waals surface area (Å²) >= 11 is 0. The number of aromatic hydroxyl groups is 1. The molecule has 2 aromatic carbocycles. The van der Waals surface area contributed by atoms with Crippen LogP contribution in [0.25, 0.3) is 22.3 Å². The number of anilines is 1. The van der Waals surface area contributed by atoms with Gasteiger partial charge in [-0.2, -0.15) is 0 Å². The number of aromatic nitrogens is 2. The maximum atomic E-state index is 14.0. The first-order valence-electron chi connectivity index (χ1n) is 19.6. The topological polar surface area (TPSA) is 239 Å². The summed E-state index contributed by atoms with van der Waals surface area (Å²) in [7, 11) is 0. The van der Waals surface area contributed by atoms with Crippen LogP contribution < -0.4 is 27.2 Å². The summed E-state index contributed by atoms with van der Waals surface area (Å²) in [6, 6.07) is 12.1. The summed E-state index contributed by atoms with van der Waals surface area (Å²) in [4.78, 5) is 82.9. The van der Waals surface area contributed by atoms with Crippen LogP contribution in [0, 0.1) is 0 Å². The number of likely N-dealkylation sites (N-methyl/N-ethyl adjacent to an activating group) is 1. The Bertz CT molecular complexity index is 2330. The van der Waals surface area contributed by atoms with E-state index >= 15 is 0 Å². The van der Waals surface area contributed by atoms with Crippen molar-refractivity contribution in [3.05, 3.63) is 86.7 Å². The monoisotopic (exact) mass is 812 g/mol. The molecule has 17 heteroatoms. The number of rotatable bonds is 17. The van der Waals surface area contributed by atoms with Crippen LogP contribution in [0.2, 0.25) is 0 Å². The van der Waals surface area contributed by atoms with Gasteiger partial charge in [0.05, 0.1) is 29.0 Å². The zero-order valence-corrected chi connectivity index (χ0v) is 33.2. The molecule has 0 bridgehead atoms. The number of hydrogen-bond acceptors (Lipinski definition) is 13. The third-order valence-corrected chi connectivity index (χ3v) is 10.4. The number of nitrogens with one attached hydrogen (secondary N) is 3. The van der Waals surface area contributed by atoms with Gasteiger partial charge in [-0.05, 0) is 93.1 Å². The third kappa shape index (κ3) is 9.05. The standard InChI is InChI=1S/C42H48N6O11/c1-4-27-28-17-26(49)14-15-32(28)47-37-29(27)19-48-34(37)18-31-30(39(48)53)21-57-40(54)42(31,5-2)59-41(55)58-20-24-10-12-25(13-11-24)45-38(52)33(9-7-8-16-43)46-36(51)23-56-22-35(50)44-6-3/h10-15,17-18,33,49H,4-9,16,19-23,43H2,1-3H3,(H,44,50)(H,45,52)(H,46,51). The lowest BCUT2D eigenvalue weighted by Crippen LogP contribution is -2.47. The Labute approximate surface area is 339 Å². The molecule has 312 valence electrons. The molecule has 2 atom stereocenters. The molecule has 0 saturated heterocycles. The van der Waals surface area contributed by atoms with Gasteiger partial charge in [0.1, 0.15) is 38.2 Å². The lowest BCUT2D eigenvalue weighted by Gasteiger charge is -2.35. The van der Waals surface area contributed by atoms with Crippen LogP contribution in [-0.4, -0.2) is 76.8 Å². The van der Waals surface area contributed by atoms with Crippen LogP contribution in [-0.2, 0) is 69.9 Å². The maximum Gasteiger partial charge on any atom is 0.510 e. The Morgan fingerprint density at radius 2 is 1.76 bits per heavy atom. The Hall–Kier alpha value is -6.33. The Morgan fingerprint density at radius 1 is 1.00 bits per heavy atom. The highest BCUT2D eigenvalue weighted by molar-refractivity contribution is 5.97. The van der Waals surface area contributed by atoms with Gasteiger partial charge in [-0.25, -0.2) is 14.6 Å². The second-order valence-corrected chi connectivity index (χ2v) is 14.2. The smallest absolute Gasteiger partial charge is 0.508 e. The molecule has 0 radical (unpaired) electrons. The van der Waals surface area contributed by atoms with Crippen LogP contribution in [0.15, 0.2) is 53.3 Å². The third-order valence-electron chi connectivity index (χ3n) is 10.4. The number of esters is 1. The highest BCUT2D eigenvalue weighted by atomic mass is 16.7. The normalized spacial score (nSPS) is 15.6. The van der Waals surface area contributed by atoms with Gasteiger partial charge < -0.3 is 50.3 Å². The molecule has 3 amide bonds. The number of nitrogens with two attached hydrogens (primary N) is 1. The predicted molar refractivity (Wildman–Crippen MR) is 214 cm³/mol. The molecule has 0 spiro atoms. The summed E-state index contributed by atoms with van der Waals surface area (Å²) < 4.78 is 23.4. The van der Waals surface area contributed by atoms with E-state index in [1.165, 1.54) is 0 Å². The fraction of sp³-hybridized carbons (Fsp3) is 0.405. The van der Waals surface area contributed by atoms with Crippen molar-refractivity contribution >= 4 is 46.4 Å². The number of cyclic esters (lactones) is 1. The number of phenolic OH excluding ortho intramolecular Hbond substituents is 1. The summed E-state index contributed by atoms with van der Waals surface area (Å²) in [6.07, 6.45) is 0.946. The predicted octanol–water partition coefficient (Wildman–Crippen LogP) is 3.41. The van der Waals surface area contributed by atoms with Crippen molar-refractivity contribution < 1.29 is 48.0 Å². The number of benzene rings is 2. The van der Waals surface area contributed by atoms with E-state index in [4.69, 9.17) is 29.7 Å². The number of carbonyl (C=O) groups is 5. The molecule has 4 aromatic rings. The molecule has 4 heterocycles. The van der Waals surface area contributed by atoms with Gasteiger partial charge in [0.15, 0.2) is 0 Å². The minimum atomic E-state index is -1.97. The molecule has 2 aliphatic rings. The van der Waals surface area contributed by atoms with Crippen molar-refractivity contribution in [2.45, 2.75) is 84.3 Å². The van der Waals surface area contributed by atoms with Crippen molar-refractivity contribution in [3.63, 3.8) is 0 Å². The number of ether oxygens (including phenoxy) is 4. The van der Waals surface area contributed by atoms with E-state index in [1.54, 1.807) is 66.9 Å². The average Bonchev–Trinajstić information content (AvgIpc) is 3.59. The molecular weight excluding hydrogens is 764 g/mol. The minimum Gasteiger partial charge on any atom is -0.508 e. The van der Waals surface area contributed by atoms with Gasteiger partial charge in [-0.3, -0.25) is 19.2 Å². The zero-order chi connectivity index (χ0) is 42.3.